The monoisotopic (exact) mass is 267 g/mol. The number of carbonyl (C=O) groups is 1. The minimum Gasteiger partial charge on any atom is -0.337 e. The highest BCUT2D eigenvalue weighted by Gasteiger charge is 2.43. The number of amides is 1. The lowest BCUT2D eigenvalue weighted by atomic mass is 10.3. The number of nitrogens with zero attached hydrogens (tertiary/aromatic N) is 1. The van der Waals surface area contributed by atoms with Crippen LogP contribution in [0.5, 0.6) is 0 Å². The maximum absolute atomic E-state index is 11.4. The van der Waals surface area contributed by atoms with Gasteiger partial charge >= 0.3 is 0 Å². The van der Waals surface area contributed by atoms with E-state index in [-0.39, 0.29) is 28.3 Å². The molecule has 0 bridgehead atoms. The van der Waals surface area contributed by atoms with Crippen LogP contribution in [0.25, 0.3) is 0 Å². The number of alkyl halides is 1. The minimum atomic E-state index is -2.82. The molecular weight excluding hydrogens is 258 g/mol. The molecule has 1 amide bonds. The Morgan fingerprint density at radius 2 is 2.00 bits per heavy atom. The summed E-state index contributed by atoms with van der Waals surface area (Å²) >= 11 is 3.25. The fourth-order valence-electron chi connectivity index (χ4n) is 1.75. The summed E-state index contributed by atoms with van der Waals surface area (Å²) in [5, 5.41) is 0. The molecule has 0 saturated carbocycles. The lowest BCUT2D eigenvalue weighted by molar-refractivity contribution is -0.128. The highest BCUT2D eigenvalue weighted by molar-refractivity contribution is 9.10. The lowest BCUT2D eigenvalue weighted by Gasteiger charge is -2.34. The Balaban J connectivity index is 2.01. The first-order chi connectivity index (χ1) is 5.99. The van der Waals surface area contributed by atoms with Gasteiger partial charge in [0, 0.05) is 6.54 Å². The van der Waals surface area contributed by atoms with E-state index in [1.54, 1.807) is 4.90 Å². The largest absolute Gasteiger partial charge is 0.337 e. The van der Waals surface area contributed by atoms with Crippen molar-refractivity contribution >= 4 is 31.7 Å². The summed E-state index contributed by atoms with van der Waals surface area (Å²) < 4.78 is 21.8. The zero-order valence-electron chi connectivity index (χ0n) is 6.94. The third-order valence-electron chi connectivity index (χ3n) is 2.51. The normalized spacial score (nSPS) is 33.5. The molecule has 2 rings (SSSR count). The van der Waals surface area contributed by atoms with E-state index < -0.39 is 9.84 Å². The Morgan fingerprint density at radius 1 is 1.38 bits per heavy atom. The minimum absolute atomic E-state index is 0.0416. The number of likely N-dealkylation sites (tertiary alicyclic amines) is 1. The number of halogens is 1. The van der Waals surface area contributed by atoms with Crippen LogP contribution in [0.1, 0.15) is 6.42 Å². The average molecular weight is 268 g/mol. The molecule has 0 spiro atoms. The van der Waals surface area contributed by atoms with Crippen LogP contribution in [-0.2, 0) is 14.6 Å². The van der Waals surface area contributed by atoms with Crippen LogP contribution in [-0.4, -0.2) is 48.1 Å². The van der Waals surface area contributed by atoms with Crippen LogP contribution >= 0.6 is 15.9 Å². The third-order valence-corrected chi connectivity index (χ3v) is 5.14. The van der Waals surface area contributed by atoms with E-state index in [0.717, 1.165) is 6.42 Å². The Hall–Kier alpha value is -0.100. The van der Waals surface area contributed by atoms with E-state index in [2.05, 4.69) is 15.9 Å². The van der Waals surface area contributed by atoms with Gasteiger partial charge in [0.05, 0.1) is 22.4 Å². The van der Waals surface area contributed by atoms with Crippen LogP contribution in [0.15, 0.2) is 0 Å². The summed E-state index contributed by atoms with van der Waals surface area (Å²) in [5.74, 6) is 0.344. The molecule has 0 N–H and O–H groups in total. The molecule has 0 aliphatic carbocycles. The van der Waals surface area contributed by atoms with Crippen molar-refractivity contribution in [2.45, 2.75) is 17.3 Å². The molecule has 1 unspecified atom stereocenters. The van der Waals surface area contributed by atoms with Gasteiger partial charge in [0.1, 0.15) is 0 Å². The predicted octanol–water partition coefficient (Wildman–Crippen LogP) is -0.221. The van der Waals surface area contributed by atoms with E-state index in [0.29, 0.717) is 6.54 Å². The van der Waals surface area contributed by atoms with Crippen LogP contribution in [0.2, 0.25) is 0 Å². The van der Waals surface area contributed by atoms with Gasteiger partial charge in [-0.05, 0) is 6.42 Å². The van der Waals surface area contributed by atoms with E-state index in [1.807, 2.05) is 0 Å². The maximum atomic E-state index is 11.4. The van der Waals surface area contributed by atoms with E-state index in [4.69, 9.17) is 0 Å². The highest BCUT2D eigenvalue weighted by atomic mass is 79.9. The fraction of sp³-hybridized carbons (Fsp3) is 0.857. The number of carbonyl (C=O) groups excluding carboxylic acids is 1. The Kier molecular flexibility index (Phi) is 2.14. The Labute approximate surface area is 85.3 Å². The van der Waals surface area contributed by atoms with Gasteiger partial charge < -0.3 is 4.90 Å². The number of hydrogen-bond donors (Lipinski definition) is 0. The van der Waals surface area contributed by atoms with Crippen molar-refractivity contribution in [3.8, 4) is 0 Å². The fourth-order valence-corrected chi connectivity index (χ4v) is 3.65. The summed E-state index contributed by atoms with van der Waals surface area (Å²) in [6, 6.07) is -0.0555. The summed E-state index contributed by atoms with van der Waals surface area (Å²) in [4.78, 5) is 13.0. The molecule has 2 aliphatic rings. The summed E-state index contributed by atoms with van der Waals surface area (Å²) in [5.41, 5.74) is 0. The van der Waals surface area contributed by atoms with Crippen molar-refractivity contribution in [2.75, 3.05) is 18.1 Å². The van der Waals surface area contributed by atoms with E-state index >= 15 is 0 Å². The summed E-state index contributed by atoms with van der Waals surface area (Å²) in [6.45, 7) is 0.689. The predicted molar refractivity (Wildman–Crippen MR) is 51.5 cm³/mol. The van der Waals surface area contributed by atoms with Gasteiger partial charge in [-0.2, -0.15) is 0 Å². The highest BCUT2D eigenvalue weighted by Crippen LogP contribution is 2.26. The van der Waals surface area contributed by atoms with Gasteiger partial charge in [-0.25, -0.2) is 8.42 Å². The van der Waals surface area contributed by atoms with Gasteiger partial charge in [-0.15, -0.1) is 0 Å². The van der Waals surface area contributed by atoms with Gasteiger partial charge in [0.15, 0.2) is 9.84 Å². The molecule has 74 valence electrons. The lowest BCUT2D eigenvalue weighted by Crippen LogP contribution is -2.54. The molecule has 4 nitrogen and oxygen atoms in total. The van der Waals surface area contributed by atoms with E-state index in [1.165, 1.54) is 0 Å². The van der Waals surface area contributed by atoms with Crippen LogP contribution < -0.4 is 0 Å². The van der Waals surface area contributed by atoms with Crippen molar-refractivity contribution in [3.63, 3.8) is 0 Å². The standard InChI is InChI=1S/C7H10BrNO3S/c8-6-1-2-9(7(6)10)5-3-13(11,12)4-5/h5-6H,1-4H2. The molecule has 2 saturated heterocycles. The summed E-state index contributed by atoms with van der Waals surface area (Å²) in [6.07, 6.45) is 0.787. The number of rotatable bonds is 1. The average Bonchev–Trinajstić information content (AvgIpc) is 2.28. The molecule has 0 aromatic rings. The Bertz CT molecular complexity index is 328. The molecule has 13 heavy (non-hydrogen) atoms. The van der Waals surface area contributed by atoms with Gasteiger partial charge in [0.2, 0.25) is 5.91 Å². The second-order valence-electron chi connectivity index (χ2n) is 3.52. The first-order valence-corrected chi connectivity index (χ1v) is 6.88. The molecule has 1 atom stereocenters. The van der Waals surface area contributed by atoms with Crippen molar-refractivity contribution in [3.05, 3.63) is 0 Å². The van der Waals surface area contributed by atoms with Crippen molar-refractivity contribution in [1.82, 2.24) is 4.90 Å². The van der Waals surface area contributed by atoms with Crippen LogP contribution in [0, 0.1) is 0 Å². The molecule has 0 radical (unpaired) electrons. The topological polar surface area (TPSA) is 54.5 Å². The molecule has 2 fully saturated rings. The molecule has 0 aromatic carbocycles. The van der Waals surface area contributed by atoms with Crippen molar-refractivity contribution in [2.24, 2.45) is 0 Å². The quantitative estimate of drug-likeness (QED) is 0.618. The van der Waals surface area contributed by atoms with Gasteiger partial charge in [-0.1, -0.05) is 15.9 Å². The van der Waals surface area contributed by atoms with E-state index in [9.17, 15) is 13.2 Å². The van der Waals surface area contributed by atoms with Gasteiger partial charge in [-0.3, -0.25) is 4.79 Å². The van der Waals surface area contributed by atoms with Crippen LogP contribution in [0.4, 0.5) is 0 Å². The molecule has 0 aromatic heterocycles. The third kappa shape index (κ3) is 1.61. The van der Waals surface area contributed by atoms with Crippen molar-refractivity contribution in [1.29, 1.82) is 0 Å². The second kappa shape index (κ2) is 2.95. The molecule has 2 aliphatic heterocycles. The van der Waals surface area contributed by atoms with Gasteiger partial charge in [0.25, 0.3) is 0 Å². The molecule has 6 heteroatoms. The van der Waals surface area contributed by atoms with Crippen molar-refractivity contribution < 1.29 is 13.2 Å². The molecule has 2 heterocycles. The zero-order chi connectivity index (χ0) is 9.64. The SMILES string of the molecule is O=C1C(Br)CCN1C1CS(=O)(=O)C1. The smallest absolute Gasteiger partial charge is 0.236 e. The summed E-state index contributed by atoms with van der Waals surface area (Å²) in [7, 11) is -2.82. The first-order valence-electron chi connectivity index (χ1n) is 4.14. The zero-order valence-corrected chi connectivity index (χ0v) is 9.34. The molecular formula is C7H10BrNO3S. The number of hydrogen-bond acceptors (Lipinski definition) is 3. The number of sulfone groups is 1. The first kappa shape index (κ1) is 9.45. The van der Waals surface area contributed by atoms with Crippen LogP contribution in [0.3, 0.4) is 0 Å². The Morgan fingerprint density at radius 3 is 2.38 bits per heavy atom. The maximum Gasteiger partial charge on any atom is 0.236 e. The second-order valence-corrected chi connectivity index (χ2v) is 6.78.